The minimum atomic E-state index is -0.643. The van der Waals surface area contributed by atoms with Crippen molar-refractivity contribution in [3.05, 3.63) is 29.8 Å². The Hall–Kier alpha value is -2.94. The molecule has 9 nitrogen and oxygen atoms in total. The van der Waals surface area contributed by atoms with Crippen LogP contribution >= 0.6 is 0 Å². The summed E-state index contributed by atoms with van der Waals surface area (Å²) in [7, 11) is 4.20. The predicted molar refractivity (Wildman–Crippen MR) is 107 cm³/mol. The molecule has 1 aliphatic carbocycles. The number of hydrogen-bond donors (Lipinski definition) is 0. The molecule has 0 aliphatic heterocycles. The lowest BCUT2D eigenvalue weighted by atomic mass is 10.1. The molecular formula is C19H26N4O5. The van der Waals surface area contributed by atoms with Crippen molar-refractivity contribution >= 4 is 29.1 Å². The zero-order valence-corrected chi connectivity index (χ0v) is 16.8. The summed E-state index contributed by atoms with van der Waals surface area (Å²) in [4.78, 5) is 22.2. The number of methoxy groups -OCH3 is 2. The van der Waals surface area contributed by atoms with Gasteiger partial charge in [0.15, 0.2) is 0 Å². The Morgan fingerprint density at radius 3 is 2.43 bits per heavy atom. The van der Waals surface area contributed by atoms with Crippen LogP contribution in [-0.4, -0.2) is 51.4 Å². The van der Waals surface area contributed by atoms with Crippen LogP contribution in [0.3, 0.4) is 0 Å². The minimum Gasteiger partial charge on any atom is -0.478 e. The van der Waals surface area contributed by atoms with E-state index in [0.717, 1.165) is 17.9 Å². The Morgan fingerprint density at radius 2 is 1.86 bits per heavy atom. The first-order valence-electron chi connectivity index (χ1n) is 8.95. The molecule has 2 rings (SSSR count). The first kappa shape index (κ1) is 21.4. The van der Waals surface area contributed by atoms with E-state index in [2.05, 4.69) is 15.4 Å². The maximum atomic E-state index is 12.0. The van der Waals surface area contributed by atoms with Gasteiger partial charge in [0.05, 0.1) is 32.7 Å². The third kappa shape index (κ3) is 5.29. The van der Waals surface area contributed by atoms with E-state index >= 15 is 0 Å². The molecule has 0 spiro atoms. The van der Waals surface area contributed by atoms with Crippen molar-refractivity contribution in [2.75, 3.05) is 33.0 Å². The second kappa shape index (κ2) is 10.4. The highest BCUT2D eigenvalue weighted by Crippen LogP contribution is 2.31. The van der Waals surface area contributed by atoms with Crippen LogP contribution in [0.4, 0.5) is 10.5 Å². The van der Waals surface area contributed by atoms with Gasteiger partial charge in [0, 0.05) is 11.5 Å². The average molecular weight is 390 g/mol. The number of anilines is 1. The van der Waals surface area contributed by atoms with Crippen molar-refractivity contribution < 1.29 is 23.9 Å². The van der Waals surface area contributed by atoms with Gasteiger partial charge >= 0.3 is 6.09 Å². The van der Waals surface area contributed by atoms with E-state index in [1.165, 1.54) is 21.3 Å². The number of carbonyl (C=O) groups is 1. The van der Waals surface area contributed by atoms with Gasteiger partial charge in [-0.1, -0.05) is 18.2 Å². The maximum Gasteiger partial charge on any atom is 0.438 e. The van der Waals surface area contributed by atoms with Crippen LogP contribution in [0.15, 0.2) is 39.6 Å². The summed E-state index contributed by atoms with van der Waals surface area (Å²) in [6.07, 6.45) is 1.35. The monoisotopic (exact) mass is 390 g/mol. The summed E-state index contributed by atoms with van der Waals surface area (Å²) in [5, 5.41) is 13.7. The molecule has 28 heavy (non-hydrogen) atoms. The zero-order chi connectivity index (χ0) is 20.5. The first-order chi connectivity index (χ1) is 13.6. The molecule has 0 unspecified atom stereocenters. The largest absolute Gasteiger partial charge is 0.478 e. The van der Waals surface area contributed by atoms with Gasteiger partial charge in [-0.3, -0.25) is 4.84 Å². The van der Waals surface area contributed by atoms with Gasteiger partial charge in [-0.15, -0.1) is 5.10 Å². The van der Waals surface area contributed by atoms with E-state index in [4.69, 9.17) is 19.1 Å². The van der Waals surface area contributed by atoms with Crippen LogP contribution in [0.2, 0.25) is 0 Å². The molecule has 0 aromatic heterocycles. The van der Waals surface area contributed by atoms with Crippen LogP contribution in [0, 0.1) is 5.92 Å². The molecule has 0 radical (unpaired) electrons. The molecular weight excluding hydrogens is 364 g/mol. The van der Waals surface area contributed by atoms with E-state index in [1.807, 2.05) is 19.1 Å². The van der Waals surface area contributed by atoms with Crippen LogP contribution in [0.25, 0.3) is 0 Å². The lowest BCUT2D eigenvalue weighted by Crippen LogP contribution is -2.30. The van der Waals surface area contributed by atoms with Gasteiger partial charge in [-0.2, -0.15) is 10.2 Å². The van der Waals surface area contributed by atoms with E-state index < -0.39 is 6.09 Å². The Labute approximate surface area is 164 Å². The van der Waals surface area contributed by atoms with Gasteiger partial charge in [-0.05, 0) is 37.9 Å². The summed E-state index contributed by atoms with van der Waals surface area (Å²) in [5.41, 5.74) is 2.40. The molecule has 0 N–H and O–H groups in total. The van der Waals surface area contributed by atoms with E-state index in [0.29, 0.717) is 35.2 Å². The number of rotatable bonds is 8. The Kier molecular flexibility index (Phi) is 7.94. The molecule has 0 heterocycles. The number of carbonyl (C=O) groups excluding carboxylic acids is 1. The topological polar surface area (TPSA) is 94.3 Å². The Balaban J connectivity index is 2.39. The summed E-state index contributed by atoms with van der Waals surface area (Å²) in [6, 6.07) is 7.18. The number of amides is 1. The SMILES string of the molecule is CCO/N=C(OC)/C(=N/N=C(\C)c1ccccc1N(OC)C(=O)OC)C1CC1. The highest BCUT2D eigenvalue weighted by Gasteiger charge is 2.32. The minimum absolute atomic E-state index is 0.247. The van der Waals surface area contributed by atoms with Gasteiger partial charge in [0.25, 0.3) is 5.90 Å². The third-order valence-corrected chi connectivity index (χ3v) is 4.00. The number of hydrogen-bond acceptors (Lipinski definition) is 8. The number of hydroxylamine groups is 1. The summed E-state index contributed by atoms with van der Waals surface area (Å²) < 4.78 is 10.1. The molecule has 1 aromatic carbocycles. The second-order valence-electron chi connectivity index (χ2n) is 5.93. The fraction of sp³-hybridized carbons (Fsp3) is 0.474. The molecule has 9 heteroatoms. The molecule has 0 atom stereocenters. The van der Waals surface area contributed by atoms with Gasteiger partial charge < -0.3 is 14.3 Å². The molecule has 0 bridgehead atoms. The zero-order valence-electron chi connectivity index (χ0n) is 16.8. The smallest absolute Gasteiger partial charge is 0.438 e. The maximum absolute atomic E-state index is 12.0. The van der Waals surface area contributed by atoms with Crippen molar-refractivity contribution in [3.63, 3.8) is 0 Å². The third-order valence-electron chi connectivity index (χ3n) is 4.00. The van der Waals surface area contributed by atoms with Crippen LogP contribution < -0.4 is 5.06 Å². The number of oxime groups is 1. The fourth-order valence-electron chi connectivity index (χ4n) is 2.46. The fourth-order valence-corrected chi connectivity index (χ4v) is 2.46. The van der Waals surface area contributed by atoms with Crippen LogP contribution in [-0.2, 0) is 19.1 Å². The number of nitrogens with zero attached hydrogens (tertiary/aromatic N) is 4. The second-order valence-corrected chi connectivity index (χ2v) is 5.93. The van der Waals surface area contributed by atoms with Crippen molar-refractivity contribution in [1.29, 1.82) is 0 Å². The lowest BCUT2D eigenvalue weighted by Gasteiger charge is -2.20. The average Bonchev–Trinajstić information content (AvgIpc) is 3.56. The number of benzene rings is 1. The summed E-state index contributed by atoms with van der Waals surface area (Å²) in [5.74, 6) is 0.568. The van der Waals surface area contributed by atoms with Crippen LogP contribution in [0.1, 0.15) is 32.3 Å². The highest BCUT2D eigenvalue weighted by atomic mass is 16.7. The van der Waals surface area contributed by atoms with Crippen molar-refractivity contribution in [1.82, 2.24) is 0 Å². The predicted octanol–water partition coefficient (Wildman–Crippen LogP) is 3.39. The molecule has 152 valence electrons. The molecule has 1 amide bonds. The quantitative estimate of drug-likeness (QED) is 0.385. The lowest BCUT2D eigenvalue weighted by molar-refractivity contribution is 0.115. The van der Waals surface area contributed by atoms with Crippen molar-refractivity contribution in [3.8, 4) is 0 Å². The summed E-state index contributed by atoms with van der Waals surface area (Å²) >= 11 is 0. The van der Waals surface area contributed by atoms with Gasteiger partial charge in [0.1, 0.15) is 12.3 Å². The van der Waals surface area contributed by atoms with Crippen LogP contribution in [0.5, 0.6) is 0 Å². The highest BCUT2D eigenvalue weighted by molar-refractivity contribution is 6.40. The van der Waals surface area contributed by atoms with E-state index in [1.54, 1.807) is 19.1 Å². The van der Waals surface area contributed by atoms with Gasteiger partial charge in [-0.25, -0.2) is 4.79 Å². The van der Waals surface area contributed by atoms with E-state index in [9.17, 15) is 4.79 Å². The molecule has 0 saturated heterocycles. The Morgan fingerprint density at radius 1 is 1.14 bits per heavy atom. The van der Waals surface area contributed by atoms with Crippen molar-refractivity contribution in [2.24, 2.45) is 21.3 Å². The Bertz CT molecular complexity index is 771. The number of ether oxygens (including phenoxy) is 2. The standard InChI is InChI=1S/C19H26N4O5/c1-6-28-22-18(25-3)17(14-11-12-14)21-20-13(2)15-9-7-8-10-16(15)23(27-5)19(24)26-4/h7-10,14H,6,11-12H2,1-5H3/b20-13+,21-17+,22-18-. The summed E-state index contributed by atoms with van der Waals surface area (Å²) in [6.45, 7) is 4.07. The first-order valence-corrected chi connectivity index (χ1v) is 8.95. The van der Waals surface area contributed by atoms with Gasteiger partial charge in [0.2, 0.25) is 0 Å². The normalized spacial score (nSPS) is 15.2. The number of para-hydroxylation sites is 1. The van der Waals surface area contributed by atoms with Crippen molar-refractivity contribution in [2.45, 2.75) is 26.7 Å². The molecule has 1 aromatic rings. The van der Waals surface area contributed by atoms with E-state index in [-0.39, 0.29) is 5.92 Å². The molecule has 1 saturated carbocycles. The molecule has 1 fully saturated rings. The molecule has 1 aliphatic rings.